The zero-order valence-electron chi connectivity index (χ0n) is 15.5. The van der Waals surface area contributed by atoms with Gasteiger partial charge in [0, 0.05) is 31.9 Å². The molecule has 0 unspecified atom stereocenters. The average molecular weight is 373 g/mol. The van der Waals surface area contributed by atoms with Crippen molar-refractivity contribution in [1.82, 2.24) is 4.90 Å². The molecule has 0 spiro atoms. The van der Waals surface area contributed by atoms with E-state index in [9.17, 15) is 8.42 Å². The van der Waals surface area contributed by atoms with Crippen LogP contribution in [0.1, 0.15) is 24.8 Å². The molecule has 0 aliphatic carbocycles. The van der Waals surface area contributed by atoms with Crippen molar-refractivity contribution < 1.29 is 8.42 Å². The maximum absolute atomic E-state index is 12.4. The van der Waals surface area contributed by atoms with Crippen LogP contribution in [0, 0.1) is 0 Å². The Morgan fingerprint density at radius 2 is 1.58 bits per heavy atom. The van der Waals surface area contributed by atoms with Crippen LogP contribution >= 0.6 is 0 Å². The van der Waals surface area contributed by atoms with Crippen LogP contribution in [0.25, 0.3) is 0 Å². The quantitative estimate of drug-likeness (QED) is 0.745. The maximum Gasteiger partial charge on any atom is 0.179 e. The van der Waals surface area contributed by atoms with Gasteiger partial charge in [-0.05, 0) is 56.1 Å². The fraction of sp³-hybridized carbons (Fsp3) is 0.429. The van der Waals surface area contributed by atoms with Gasteiger partial charge in [0.25, 0.3) is 0 Å². The van der Waals surface area contributed by atoms with Gasteiger partial charge in [-0.2, -0.15) is 0 Å². The van der Waals surface area contributed by atoms with Gasteiger partial charge in [-0.3, -0.25) is 0 Å². The molecule has 2 aromatic carbocycles. The van der Waals surface area contributed by atoms with Gasteiger partial charge in [-0.1, -0.05) is 30.3 Å². The van der Waals surface area contributed by atoms with E-state index in [-0.39, 0.29) is 5.75 Å². The first-order valence-corrected chi connectivity index (χ1v) is 11.0. The summed E-state index contributed by atoms with van der Waals surface area (Å²) in [5.41, 5.74) is 2.51. The number of benzene rings is 2. The summed E-state index contributed by atoms with van der Waals surface area (Å²) in [6, 6.07) is 17.4. The molecule has 1 fully saturated rings. The molecular weight excluding hydrogens is 344 g/mol. The van der Waals surface area contributed by atoms with E-state index >= 15 is 0 Å². The van der Waals surface area contributed by atoms with E-state index in [0.29, 0.717) is 11.4 Å². The number of sulfone groups is 1. The molecule has 3 rings (SSSR count). The minimum absolute atomic E-state index is 0.138. The second-order valence-electron chi connectivity index (χ2n) is 7.08. The van der Waals surface area contributed by atoms with E-state index in [0.717, 1.165) is 19.6 Å². The summed E-state index contributed by atoms with van der Waals surface area (Å²) in [4.78, 5) is 4.92. The Bertz CT molecular complexity index is 783. The molecule has 1 heterocycles. The van der Waals surface area contributed by atoms with E-state index in [4.69, 9.17) is 0 Å². The Hall–Kier alpha value is -1.85. The topological polar surface area (TPSA) is 40.6 Å². The van der Waals surface area contributed by atoms with Crippen LogP contribution in [0.4, 0.5) is 5.69 Å². The Kier molecular flexibility index (Phi) is 6.33. The number of nitrogens with zero attached hydrogens (tertiary/aromatic N) is 2. The molecule has 0 radical (unpaired) electrons. The summed E-state index contributed by atoms with van der Waals surface area (Å²) in [6.45, 7) is 3.57. The van der Waals surface area contributed by atoms with Crippen molar-refractivity contribution in [3.63, 3.8) is 0 Å². The molecule has 4 nitrogen and oxygen atoms in total. The average Bonchev–Trinajstić information content (AvgIpc) is 2.68. The third-order valence-electron chi connectivity index (χ3n) is 4.95. The molecule has 140 valence electrons. The summed E-state index contributed by atoms with van der Waals surface area (Å²) in [5, 5.41) is 0. The van der Waals surface area contributed by atoms with Gasteiger partial charge in [0.1, 0.15) is 0 Å². The lowest BCUT2D eigenvalue weighted by Crippen LogP contribution is -2.29. The van der Waals surface area contributed by atoms with E-state index in [2.05, 4.69) is 34.1 Å². The standard InChI is InChI=1S/C21H28N2O2S/c1-22(16-17-26(24,25)21-8-4-2-5-9-21)18-19-10-12-20(13-11-19)23-14-6-3-7-15-23/h2,4-5,8-13H,3,6-7,14-18H2,1H3. The van der Waals surface area contributed by atoms with Crippen LogP contribution in [0.3, 0.4) is 0 Å². The first-order valence-electron chi connectivity index (χ1n) is 9.35. The highest BCUT2D eigenvalue weighted by atomic mass is 32.2. The highest BCUT2D eigenvalue weighted by Gasteiger charge is 2.15. The fourth-order valence-electron chi connectivity index (χ4n) is 3.38. The van der Waals surface area contributed by atoms with E-state index in [1.807, 2.05) is 13.1 Å². The lowest BCUT2D eigenvalue weighted by atomic mass is 10.1. The van der Waals surface area contributed by atoms with E-state index in [1.165, 1.54) is 30.5 Å². The Labute approximate surface area is 157 Å². The summed E-state index contributed by atoms with van der Waals surface area (Å²) in [6.07, 6.45) is 3.89. The van der Waals surface area contributed by atoms with Crippen LogP contribution < -0.4 is 4.90 Å². The van der Waals surface area contributed by atoms with Gasteiger partial charge in [0.2, 0.25) is 0 Å². The van der Waals surface area contributed by atoms with Gasteiger partial charge in [-0.15, -0.1) is 0 Å². The van der Waals surface area contributed by atoms with Crippen molar-refractivity contribution in [3.8, 4) is 0 Å². The molecule has 0 atom stereocenters. The molecule has 26 heavy (non-hydrogen) atoms. The molecule has 0 amide bonds. The van der Waals surface area contributed by atoms with Crippen LogP contribution in [-0.4, -0.2) is 45.8 Å². The van der Waals surface area contributed by atoms with Crippen molar-refractivity contribution in [2.45, 2.75) is 30.7 Å². The minimum Gasteiger partial charge on any atom is -0.372 e. The lowest BCUT2D eigenvalue weighted by Gasteiger charge is -2.29. The Balaban J connectivity index is 1.52. The van der Waals surface area contributed by atoms with Crippen molar-refractivity contribution in [2.24, 2.45) is 0 Å². The molecule has 2 aromatic rings. The van der Waals surface area contributed by atoms with Crippen LogP contribution in [0.5, 0.6) is 0 Å². The number of hydrogen-bond donors (Lipinski definition) is 0. The number of anilines is 1. The first-order chi connectivity index (χ1) is 12.5. The summed E-state index contributed by atoms with van der Waals surface area (Å²) >= 11 is 0. The van der Waals surface area contributed by atoms with E-state index in [1.54, 1.807) is 24.3 Å². The Morgan fingerprint density at radius 1 is 0.923 bits per heavy atom. The molecule has 1 saturated heterocycles. The zero-order valence-corrected chi connectivity index (χ0v) is 16.3. The first kappa shape index (κ1) is 18.9. The predicted octanol–water partition coefficient (Wildman–Crippen LogP) is 3.58. The molecule has 1 aliphatic heterocycles. The van der Waals surface area contributed by atoms with Gasteiger partial charge >= 0.3 is 0 Å². The molecule has 0 bridgehead atoms. The van der Waals surface area contributed by atoms with Gasteiger partial charge < -0.3 is 9.80 Å². The van der Waals surface area contributed by atoms with Crippen molar-refractivity contribution in [2.75, 3.05) is 37.3 Å². The van der Waals surface area contributed by atoms with Crippen LogP contribution in [-0.2, 0) is 16.4 Å². The smallest absolute Gasteiger partial charge is 0.179 e. The van der Waals surface area contributed by atoms with Gasteiger partial charge in [-0.25, -0.2) is 8.42 Å². The molecule has 0 N–H and O–H groups in total. The summed E-state index contributed by atoms with van der Waals surface area (Å²) in [5.74, 6) is 0.138. The monoisotopic (exact) mass is 372 g/mol. The number of piperidine rings is 1. The van der Waals surface area contributed by atoms with Crippen molar-refractivity contribution >= 4 is 15.5 Å². The third kappa shape index (κ3) is 5.08. The highest BCUT2D eigenvalue weighted by molar-refractivity contribution is 7.91. The minimum atomic E-state index is -3.22. The highest BCUT2D eigenvalue weighted by Crippen LogP contribution is 2.20. The SMILES string of the molecule is CN(CCS(=O)(=O)c1ccccc1)Cc1ccc(N2CCCCC2)cc1. The molecule has 0 aromatic heterocycles. The van der Waals surface area contributed by atoms with Crippen LogP contribution in [0.15, 0.2) is 59.5 Å². The van der Waals surface area contributed by atoms with Gasteiger partial charge in [0.05, 0.1) is 10.6 Å². The molecular formula is C21H28N2O2S. The number of hydrogen-bond acceptors (Lipinski definition) is 4. The van der Waals surface area contributed by atoms with Crippen molar-refractivity contribution in [3.05, 3.63) is 60.2 Å². The van der Waals surface area contributed by atoms with Gasteiger partial charge in [0.15, 0.2) is 9.84 Å². The Morgan fingerprint density at radius 3 is 2.23 bits per heavy atom. The normalized spacial score (nSPS) is 15.4. The predicted molar refractivity (Wildman–Crippen MR) is 107 cm³/mol. The fourth-order valence-corrected chi connectivity index (χ4v) is 4.74. The molecule has 0 saturated carbocycles. The third-order valence-corrected chi connectivity index (χ3v) is 6.66. The van der Waals surface area contributed by atoms with Crippen molar-refractivity contribution in [1.29, 1.82) is 0 Å². The lowest BCUT2D eigenvalue weighted by molar-refractivity contribution is 0.346. The number of rotatable bonds is 7. The summed E-state index contributed by atoms with van der Waals surface area (Å²) < 4.78 is 24.8. The molecule has 1 aliphatic rings. The van der Waals surface area contributed by atoms with Crippen LogP contribution in [0.2, 0.25) is 0 Å². The van der Waals surface area contributed by atoms with E-state index < -0.39 is 9.84 Å². The summed E-state index contributed by atoms with van der Waals surface area (Å²) in [7, 11) is -1.25. The largest absolute Gasteiger partial charge is 0.372 e. The second kappa shape index (κ2) is 8.69. The second-order valence-corrected chi connectivity index (χ2v) is 9.19. The maximum atomic E-state index is 12.4. The zero-order chi connectivity index (χ0) is 18.4. The molecule has 5 heteroatoms.